The first kappa shape index (κ1) is 28.5. The Morgan fingerprint density at radius 1 is 1.26 bits per heavy atom. The highest BCUT2D eigenvalue weighted by Gasteiger charge is 2.39. The normalized spacial score (nSPS) is 16.1. The van der Waals surface area contributed by atoms with Gasteiger partial charge in [-0.3, -0.25) is 14.3 Å². The van der Waals surface area contributed by atoms with Crippen molar-refractivity contribution in [1.29, 1.82) is 0 Å². The maximum absolute atomic E-state index is 13.6. The lowest BCUT2D eigenvalue weighted by atomic mass is 10.1. The lowest BCUT2D eigenvalue weighted by Crippen LogP contribution is -2.43. The first-order chi connectivity index (χ1) is 17.7. The van der Waals surface area contributed by atoms with E-state index in [2.05, 4.69) is 19.6 Å². The molecule has 206 valence electrons. The number of benzene rings is 1. The van der Waals surface area contributed by atoms with Gasteiger partial charge in [-0.25, -0.2) is 22.6 Å². The average molecular weight is 618 g/mol. The van der Waals surface area contributed by atoms with Crippen molar-refractivity contribution in [3.8, 4) is 21.3 Å². The van der Waals surface area contributed by atoms with Crippen LogP contribution in [0.1, 0.15) is 30.3 Å². The van der Waals surface area contributed by atoms with Gasteiger partial charge in [-0.1, -0.05) is 34.4 Å². The van der Waals surface area contributed by atoms with E-state index in [9.17, 15) is 35.6 Å². The zero-order valence-electron chi connectivity index (χ0n) is 19.1. The zero-order chi connectivity index (χ0) is 28.0. The second-order valence-corrected chi connectivity index (χ2v) is 11.7. The number of alkyl halides is 4. The average Bonchev–Trinajstić information content (AvgIpc) is 3.46. The zero-order valence-corrected chi connectivity index (χ0v) is 22.2. The number of amides is 1. The summed E-state index contributed by atoms with van der Waals surface area (Å²) in [5.74, 6) is -1.58. The fraction of sp³-hybridized carbons (Fsp3) is 0.400. The van der Waals surface area contributed by atoms with Gasteiger partial charge in [-0.2, -0.15) is 17.9 Å². The molecule has 1 atom stereocenters. The van der Waals surface area contributed by atoms with Crippen molar-refractivity contribution in [2.45, 2.75) is 43.1 Å². The molecular weight excluding hydrogens is 601 g/mol. The second-order valence-electron chi connectivity index (χ2n) is 8.23. The fourth-order valence-electron chi connectivity index (χ4n) is 3.55. The Bertz CT molecular complexity index is 1530. The molecule has 1 aliphatic rings. The van der Waals surface area contributed by atoms with E-state index in [0.29, 0.717) is 6.92 Å². The summed E-state index contributed by atoms with van der Waals surface area (Å²) in [5.41, 5.74) is -0.124. The summed E-state index contributed by atoms with van der Waals surface area (Å²) >= 11 is 13.4. The van der Waals surface area contributed by atoms with Crippen LogP contribution in [0.25, 0.3) is 21.3 Å². The molecule has 10 nitrogen and oxygen atoms in total. The number of carbonyl (C=O) groups excluding carboxylic acids is 1. The minimum absolute atomic E-state index is 0.0396. The van der Waals surface area contributed by atoms with Crippen LogP contribution in [0, 0.1) is 0 Å². The molecule has 1 unspecified atom stereocenters. The van der Waals surface area contributed by atoms with Crippen molar-refractivity contribution in [2.24, 2.45) is 0 Å². The summed E-state index contributed by atoms with van der Waals surface area (Å²) in [4.78, 5) is 32.1. The monoisotopic (exact) mass is 617 g/mol. The van der Waals surface area contributed by atoms with E-state index in [1.807, 2.05) is 0 Å². The molecule has 1 fully saturated rings. The van der Waals surface area contributed by atoms with Crippen LogP contribution in [0.4, 0.5) is 17.6 Å². The van der Waals surface area contributed by atoms with Crippen LogP contribution in [0.3, 0.4) is 0 Å². The predicted octanol–water partition coefficient (Wildman–Crippen LogP) is 4.26. The summed E-state index contributed by atoms with van der Waals surface area (Å²) in [7, 11) is -4.75. The molecule has 1 aromatic carbocycles. The molecular formula is C20H17Cl2F4N5O5S2. The number of H-pyrrole nitrogens is 1. The number of halogens is 6. The Hall–Kier alpha value is -2.53. The number of likely N-dealkylation sites (tertiary alicyclic amines) is 1. The second kappa shape index (κ2) is 10.6. The van der Waals surface area contributed by atoms with Crippen molar-refractivity contribution in [2.75, 3.05) is 13.1 Å². The fourth-order valence-corrected chi connectivity index (χ4v) is 6.73. The Morgan fingerprint density at radius 3 is 2.50 bits per heavy atom. The summed E-state index contributed by atoms with van der Waals surface area (Å²) in [6, 6.07) is -0.308. The molecule has 2 N–H and O–H groups in total. The molecule has 0 bridgehead atoms. The van der Waals surface area contributed by atoms with Crippen LogP contribution in [-0.2, 0) is 10.0 Å². The van der Waals surface area contributed by atoms with Gasteiger partial charge in [0.25, 0.3) is 5.91 Å². The Kier molecular flexibility index (Phi) is 7.91. The van der Waals surface area contributed by atoms with Crippen LogP contribution in [-0.4, -0.2) is 65.8 Å². The topological polar surface area (TPSA) is 138 Å². The summed E-state index contributed by atoms with van der Waals surface area (Å²) in [5, 5.41) is 2.61. The largest absolute Gasteiger partial charge is 0.439 e. The van der Waals surface area contributed by atoms with Crippen LogP contribution in [0.5, 0.6) is 0 Å². The predicted molar refractivity (Wildman–Crippen MR) is 130 cm³/mol. The van der Waals surface area contributed by atoms with E-state index in [1.165, 1.54) is 9.62 Å². The van der Waals surface area contributed by atoms with E-state index < -0.39 is 50.0 Å². The SMILES string of the molecule is CC(NS(=O)(=O)c1ccc(-c2sc(-c3noc(=O)[nH]3)nc2C(=O)N2CCC(F)CC2)c(Cl)c1Cl)C(F)(F)F. The molecule has 2 aromatic heterocycles. The van der Waals surface area contributed by atoms with Gasteiger partial charge in [0.1, 0.15) is 22.8 Å². The van der Waals surface area contributed by atoms with Crippen molar-refractivity contribution >= 4 is 50.5 Å². The highest BCUT2D eigenvalue weighted by Crippen LogP contribution is 2.43. The molecule has 0 radical (unpaired) electrons. The third kappa shape index (κ3) is 5.73. The lowest BCUT2D eigenvalue weighted by molar-refractivity contribution is -0.147. The quantitative estimate of drug-likeness (QED) is 0.394. The molecule has 3 aromatic rings. The van der Waals surface area contributed by atoms with Crippen molar-refractivity contribution in [3.63, 3.8) is 0 Å². The van der Waals surface area contributed by atoms with Gasteiger partial charge < -0.3 is 4.90 Å². The maximum atomic E-state index is 13.6. The summed E-state index contributed by atoms with van der Waals surface area (Å²) in [6.45, 7) is 0.849. The number of carbonyl (C=O) groups is 1. The number of aromatic nitrogens is 3. The van der Waals surface area contributed by atoms with Gasteiger partial charge >= 0.3 is 11.9 Å². The minimum atomic E-state index is -4.85. The third-order valence-electron chi connectivity index (χ3n) is 5.59. The van der Waals surface area contributed by atoms with Crippen molar-refractivity contribution in [1.82, 2.24) is 24.7 Å². The first-order valence-corrected chi connectivity index (χ1v) is 13.8. The molecule has 3 heterocycles. The number of hydrogen-bond acceptors (Lipinski definition) is 8. The Morgan fingerprint density at radius 2 is 1.92 bits per heavy atom. The molecule has 4 rings (SSSR count). The number of nitrogens with one attached hydrogen (secondary N) is 2. The van der Waals surface area contributed by atoms with Gasteiger partial charge in [0.15, 0.2) is 5.01 Å². The molecule has 38 heavy (non-hydrogen) atoms. The van der Waals surface area contributed by atoms with Crippen LogP contribution in [0.15, 0.2) is 26.3 Å². The highest BCUT2D eigenvalue weighted by atomic mass is 35.5. The van der Waals surface area contributed by atoms with Crippen LogP contribution < -0.4 is 10.5 Å². The number of thiazole rings is 1. The lowest BCUT2D eigenvalue weighted by Gasteiger charge is -2.28. The summed E-state index contributed by atoms with van der Waals surface area (Å²) < 4.78 is 83.5. The third-order valence-corrected chi connectivity index (χ3v) is 9.26. The highest BCUT2D eigenvalue weighted by molar-refractivity contribution is 7.89. The number of nitrogens with zero attached hydrogens (tertiary/aromatic N) is 3. The molecule has 1 aliphatic heterocycles. The smallest absolute Gasteiger partial charge is 0.337 e. The van der Waals surface area contributed by atoms with Gasteiger partial charge in [-0.05, 0) is 25.8 Å². The van der Waals surface area contributed by atoms with E-state index in [4.69, 9.17) is 23.2 Å². The number of piperidine rings is 1. The standard InChI is InChI=1S/C20H17Cl2F4N5O5S2/c1-8(20(24,25)26)30-38(34,35)11-3-2-10(12(21)13(11)22)15-14(18(32)31-6-4-9(23)5-7-31)27-17(37-15)16-28-19(33)36-29-16/h2-3,8-9,30H,4-7H2,1H3,(H,28,29,33). The van der Waals surface area contributed by atoms with Crippen molar-refractivity contribution in [3.05, 3.63) is 38.4 Å². The maximum Gasteiger partial charge on any atom is 0.439 e. The molecule has 0 aliphatic carbocycles. The minimum Gasteiger partial charge on any atom is -0.337 e. The number of aromatic amines is 1. The van der Waals surface area contributed by atoms with Crippen LogP contribution in [0.2, 0.25) is 10.0 Å². The first-order valence-electron chi connectivity index (χ1n) is 10.8. The van der Waals surface area contributed by atoms with Crippen LogP contribution >= 0.6 is 34.5 Å². The Labute approximate surface area is 226 Å². The number of sulfonamides is 1. The summed E-state index contributed by atoms with van der Waals surface area (Å²) in [6.07, 6.45) is -5.66. The van der Waals surface area contributed by atoms with E-state index in [-0.39, 0.29) is 57.9 Å². The van der Waals surface area contributed by atoms with Gasteiger partial charge in [0.05, 0.1) is 14.9 Å². The van der Waals surface area contributed by atoms with E-state index in [0.717, 1.165) is 23.5 Å². The van der Waals surface area contributed by atoms with E-state index in [1.54, 1.807) is 0 Å². The van der Waals surface area contributed by atoms with E-state index >= 15 is 0 Å². The molecule has 18 heteroatoms. The van der Waals surface area contributed by atoms with Crippen molar-refractivity contribution < 1.29 is 35.3 Å². The van der Waals surface area contributed by atoms with Gasteiger partial charge in [0.2, 0.25) is 15.8 Å². The molecule has 0 saturated carbocycles. The molecule has 1 saturated heterocycles. The Balaban J connectivity index is 1.79. The van der Waals surface area contributed by atoms with Gasteiger partial charge in [0, 0.05) is 18.7 Å². The molecule has 1 amide bonds. The number of rotatable bonds is 6. The molecule has 0 spiro atoms. The number of hydrogen-bond donors (Lipinski definition) is 2. The van der Waals surface area contributed by atoms with Gasteiger partial charge in [-0.15, -0.1) is 11.3 Å².